The highest BCUT2D eigenvalue weighted by Crippen LogP contribution is 2.29. The van der Waals surface area contributed by atoms with Crippen LogP contribution in [0.2, 0.25) is 0 Å². The summed E-state index contributed by atoms with van der Waals surface area (Å²) in [4.78, 5) is 17.1. The van der Waals surface area contributed by atoms with Gasteiger partial charge in [-0.05, 0) is 37.3 Å². The fourth-order valence-corrected chi connectivity index (χ4v) is 2.93. The summed E-state index contributed by atoms with van der Waals surface area (Å²) in [6.45, 7) is 1.96. The summed E-state index contributed by atoms with van der Waals surface area (Å²) >= 11 is 1.52. The van der Waals surface area contributed by atoms with Gasteiger partial charge >= 0.3 is 5.97 Å². The summed E-state index contributed by atoms with van der Waals surface area (Å²) in [5, 5.41) is 8.82. The van der Waals surface area contributed by atoms with Crippen molar-refractivity contribution in [3.63, 3.8) is 0 Å². The Kier molecular flexibility index (Phi) is 3.31. The van der Waals surface area contributed by atoms with Crippen LogP contribution in [0.3, 0.4) is 0 Å². The Morgan fingerprint density at radius 2 is 2.10 bits per heavy atom. The van der Waals surface area contributed by atoms with Crippen LogP contribution in [-0.4, -0.2) is 20.5 Å². The molecule has 0 bridgehead atoms. The molecule has 2 aromatic heterocycles. The number of aryl methyl sites for hydroxylation is 1. The van der Waals surface area contributed by atoms with Gasteiger partial charge in [-0.3, -0.25) is 4.40 Å². The summed E-state index contributed by atoms with van der Waals surface area (Å²) < 4.78 is 14.9. The van der Waals surface area contributed by atoms with Gasteiger partial charge in [0.15, 0.2) is 4.96 Å². The van der Waals surface area contributed by atoms with E-state index in [1.54, 1.807) is 12.1 Å². The third kappa shape index (κ3) is 2.57. The van der Waals surface area contributed by atoms with Crippen molar-refractivity contribution in [2.45, 2.75) is 6.92 Å². The third-order valence-electron chi connectivity index (χ3n) is 2.98. The standard InChI is InChI=1S/C15H11FN2O2S/c1-9-8-18-12(6-7-13(19)20)14(17-15(18)21-9)10-2-4-11(16)5-3-10/h2-8H,1H3,(H,19,20)/b7-6+. The minimum absolute atomic E-state index is 0.321. The number of aromatic nitrogens is 2. The minimum atomic E-state index is -1.03. The number of fused-ring (bicyclic) bond motifs is 1. The normalized spacial score (nSPS) is 11.5. The second-order valence-electron chi connectivity index (χ2n) is 4.52. The Bertz CT molecular complexity index is 847. The molecule has 0 saturated heterocycles. The molecule has 0 amide bonds. The zero-order valence-corrected chi connectivity index (χ0v) is 11.9. The smallest absolute Gasteiger partial charge is 0.328 e. The number of rotatable bonds is 3. The molecule has 0 aliphatic heterocycles. The van der Waals surface area contributed by atoms with E-state index in [4.69, 9.17) is 5.11 Å². The first kappa shape index (κ1) is 13.5. The number of carbonyl (C=O) groups is 1. The van der Waals surface area contributed by atoms with Gasteiger partial charge in [-0.1, -0.05) is 0 Å². The largest absolute Gasteiger partial charge is 0.478 e. The van der Waals surface area contributed by atoms with E-state index in [1.807, 2.05) is 17.5 Å². The molecule has 0 aliphatic rings. The summed E-state index contributed by atoms with van der Waals surface area (Å²) in [5.74, 6) is -1.35. The number of benzene rings is 1. The van der Waals surface area contributed by atoms with Crippen LogP contribution in [-0.2, 0) is 4.79 Å². The van der Waals surface area contributed by atoms with Crippen LogP contribution in [0.25, 0.3) is 22.3 Å². The lowest BCUT2D eigenvalue weighted by atomic mass is 10.1. The highest BCUT2D eigenvalue weighted by Gasteiger charge is 2.14. The monoisotopic (exact) mass is 302 g/mol. The van der Waals surface area contributed by atoms with Crippen molar-refractivity contribution in [1.29, 1.82) is 0 Å². The first-order valence-electron chi connectivity index (χ1n) is 6.20. The SMILES string of the molecule is Cc1cn2c(/C=C/C(=O)O)c(-c3ccc(F)cc3)nc2s1. The van der Waals surface area contributed by atoms with E-state index in [1.165, 1.54) is 29.5 Å². The summed E-state index contributed by atoms with van der Waals surface area (Å²) in [6, 6.07) is 5.98. The molecule has 21 heavy (non-hydrogen) atoms. The van der Waals surface area contributed by atoms with Crippen LogP contribution in [0, 0.1) is 12.7 Å². The van der Waals surface area contributed by atoms with Crippen molar-refractivity contribution >= 4 is 28.3 Å². The second kappa shape index (κ2) is 5.14. The van der Waals surface area contributed by atoms with Gasteiger partial charge < -0.3 is 5.11 Å². The van der Waals surface area contributed by atoms with Crippen molar-refractivity contribution in [1.82, 2.24) is 9.38 Å². The Balaban J connectivity index is 2.21. The van der Waals surface area contributed by atoms with E-state index >= 15 is 0 Å². The molecule has 4 nitrogen and oxygen atoms in total. The molecule has 0 radical (unpaired) electrons. The van der Waals surface area contributed by atoms with Crippen LogP contribution >= 0.6 is 11.3 Å². The molecule has 1 aromatic carbocycles. The minimum Gasteiger partial charge on any atom is -0.478 e. The zero-order chi connectivity index (χ0) is 15.0. The zero-order valence-electron chi connectivity index (χ0n) is 11.1. The lowest BCUT2D eigenvalue weighted by molar-refractivity contribution is -0.131. The summed E-state index contributed by atoms with van der Waals surface area (Å²) in [6.07, 6.45) is 4.48. The predicted molar refractivity (Wildman–Crippen MR) is 79.9 cm³/mol. The fourth-order valence-electron chi connectivity index (χ4n) is 2.10. The predicted octanol–water partition coefficient (Wildman–Crippen LogP) is 3.61. The number of hydrogen-bond acceptors (Lipinski definition) is 3. The lowest BCUT2D eigenvalue weighted by Gasteiger charge is -2.00. The number of aliphatic carboxylic acids is 1. The van der Waals surface area contributed by atoms with E-state index in [9.17, 15) is 9.18 Å². The molecule has 0 saturated carbocycles. The van der Waals surface area contributed by atoms with Gasteiger partial charge in [0.05, 0.1) is 11.4 Å². The number of carboxylic acids is 1. The van der Waals surface area contributed by atoms with E-state index in [0.717, 1.165) is 21.5 Å². The van der Waals surface area contributed by atoms with Crippen LogP contribution in [0.1, 0.15) is 10.6 Å². The Morgan fingerprint density at radius 3 is 2.76 bits per heavy atom. The number of imidazole rings is 1. The Hall–Kier alpha value is -2.47. The first-order chi connectivity index (χ1) is 10.0. The maximum atomic E-state index is 13.0. The van der Waals surface area contributed by atoms with Crippen LogP contribution in [0.15, 0.2) is 36.5 Å². The van der Waals surface area contributed by atoms with Gasteiger partial charge in [0, 0.05) is 22.7 Å². The number of carboxylic acid groups (broad SMARTS) is 1. The van der Waals surface area contributed by atoms with Gasteiger partial charge in [-0.25, -0.2) is 14.2 Å². The molecule has 3 aromatic rings. The van der Waals surface area contributed by atoms with E-state index in [-0.39, 0.29) is 5.82 Å². The van der Waals surface area contributed by atoms with E-state index < -0.39 is 5.97 Å². The van der Waals surface area contributed by atoms with Crippen LogP contribution in [0.4, 0.5) is 4.39 Å². The molecule has 0 spiro atoms. The van der Waals surface area contributed by atoms with E-state index in [0.29, 0.717) is 11.4 Å². The van der Waals surface area contributed by atoms with Crippen molar-refractivity contribution in [3.8, 4) is 11.3 Å². The first-order valence-corrected chi connectivity index (χ1v) is 7.01. The molecule has 1 N–H and O–H groups in total. The van der Waals surface area contributed by atoms with Crippen LogP contribution < -0.4 is 0 Å². The highest BCUT2D eigenvalue weighted by atomic mass is 32.1. The molecule has 3 rings (SSSR count). The Labute approximate surface area is 123 Å². The molecular weight excluding hydrogens is 291 g/mol. The van der Waals surface area contributed by atoms with Gasteiger partial charge in [0.1, 0.15) is 5.82 Å². The van der Waals surface area contributed by atoms with Gasteiger partial charge in [0.2, 0.25) is 0 Å². The molecule has 0 fully saturated rings. The fraction of sp³-hybridized carbons (Fsp3) is 0.0667. The topological polar surface area (TPSA) is 54.6 Å². The Morgan fingerprint density at radius 1 is 1.38 bits per heavy atom. The van der Waals surface area contributed by atoms with Gasteiger partial charge in [-0.2, -0.15) is 0 Å². The van der Waals surface area contributed by atoms with Crippen molar-refractivity contribution in [3.05, 3.63) is 52.9 Å². The van der Waals surface area contributed by atoms with Crippen molar-refractivity contribution in [2.75, 3.05) is 0 Å². The number of hydrogen-bond donors (Lipinski definition) is 1. The van der Waals surface area contributed by atoms with Crippen molar-refractivity contribution in [2.24, 2.45) is 0 Å². The molecule has 0 unspecified atom stereocenters. The van der Waals surface area contributed by atoms with E-state index in [2.05, 4.69) is 4.98 Å². The number of halogens is 1. The molecule has 6 heteroatoms. The molecule has 0 aliphatic carbocycles. The highest BCUT2D eigenvalue weighted by molar-refractivity contribution is 7.17. The quantitative estimate of drug-likeness (QED) is 0.752. The molecule has 2 heterocycles. The van der Waals surface area contributed by atoms with Crippen LogP contribution in [0.5, 0.6) is 0 Å². The molecular formula is C15H11FN2O2S. The second-order valence-corrected chi connectivity index (χ2v) is 5.73. The average Bonchev–Trinajstić information content (AvgIpc) is 2.93. The summed E-state index contributed by atoms with van der Waals surface area (Å²) in [5.41, 5.74) is 2.05. The number of nitrogens with zero attached hydrogens (tertiary/aromatic N) is 2. The van der Waals surface area contributed by atoms with Crippen molar-refractivity contribution < 1.29 is 14.3 Å². The molecule has 106 valence electrons. The summed E-state index contributed by atoms with van der Waals surface area (Å²) in [7, 11) is 0. The third-order valence-corrected chi connectivity index (χ3v) is 3.88. The maximum absolute atomic E-state index is 13.0. The molecule has 0 atom stereocenters. The average molecular weight is 302 g/mol. The van der Waals surface area contributed by atoms with Gasteiger partial charge in [-0.15, -0.1) is 11.3 Å². The maximum Gasteiger partial charge on any atom is 0.328 e. The number of thiazole rings is 1. The lowest BCUT2D eigenvalue weighted by Crippen LogP contribution is -1.90. The van der Waals surface area contributed by atoms with Gasteiger partial charge in [0.25, 0.3) is 0 Å².